The van der Waals surface area contributed by atoms with E-state index in [-0.39, 0.29) is 17.9 Å². The number of benzene rings is 3. The summed E-state index contributed by atoms with van der Waals surface area (Å²) < 4.78 is 7.15. The molecular weight excluding hydrogens is 544 g/mol. The molecule has 8 rings (SSSR count). The predicted molar refractivity (Wildman–Crippen MR) is 167 cm³/mol. The second kappa shape index (κ2) is 11.3. The highest BCUT2D eigenvalue weighted by atomic mass is 35.5. The third-order valence-corrected chi connectivity index (χ3v) is 9.31. The van der Waals surface area contributed by atoms with Crippen molar-refractivity contribution < 1.29 is 9.84 Å². The van der Waals surface area contributed by atoms with E-state index in [0.29, 0.717) is 34.3 Å². The van der Waals surface area contributed by atoms with Crippen LogP contribution in [0.5, 0.6) is 11.6 Å². The first-order valence-corrected chi connectivity index (χ1v) is 15.1. The molecule has 2 aromatic heterocycles. The van der Waals surface area contributed by atoms with Gasteiger partial charge in [-0.2, -0.15) is 4.98 Å². The third-order valence-electron chi connectivity index (χ3n) is 9.04. The van der Waals surface area contributed by atoms with Gasteiger partial charge in [-0.25, -0.2) is 4.98 Å². The Morgan fingerprint density at radius 1 is 0.976 bits per heavy atom. The number of pyridine rings is 1. The second-order valence-electron chi connectivity index (χ2n) is 11.4. The van der Waals surface area contributed by atoms with Gasteiger partial charge < -0.3 is 9.84 Å². The normalized spacial score (nSPS) is 22.2. The first-order chi connectivity index (χ1) is 20.6. The van der Waals surface area contributed by atoms with Crippen LogP contribution in [0.3, 0.4) is 0 Å². The summed E-state index contributed by atoms with van der Waals surface area (Å²) in [5, 5.41) is 11.7. The third kappa shape index (κ3) is 4.99. The minimum absolute atomic E-state index is 0.136. The molecular formula is C35H33ClN4O2. The molecule has 0 aliphatic carbocycles. The van der Waals surface area contributed by atoms with E-state index in [0.717, 1.165) is 47.1 Å². The fraction of sp³-hybridized carbons (Fsp3) is 0.286. The first-order valence-electron chi connectivity index (χ1n) is 14.8. The lowest BCUT2D eigenvalue weighted by atomic mass is 9.72. The maximum absolute atomic E-state index is 10.5. The molecule has 6 nitrogen and oxygen atoms in total. The minimum atomic E-state index is -0.366. The van der Waals surface area contributed by atoms with E-state index in [1.807, 2.05) is 79.0 Å². The SMILES string of the molecule is CC[C@H]1CN2CCC1C[C@@H]2[C@@H](Oc1nc(-c2ccccc2)nc(Cl)c1-c1ccccc1)c1ccnc2ccc(O)cc12. The number of aromatic hydroxyl groups is 1. The number of nitrogens with zero attached hydrogens (tertiary/aromatic N) is 4. The zero-order chi connectivity index (χ0) is 28.6. The number of hydrogen-bond donors (Lipinski definition) is 1. The predicted octanol–water partition coefficient (Wildman–Crippen LogP) is 7.96. The van der Waals surface area contributed by atoms with E-state index in [2.05, 4.69) is 16.8 Å². The summed E-state index contributed by atoms with van der Waals surface area (Å²) in [7, 11) is 0. The monoisotopic (exact) mass is 576 g/mol. The number of phenolic OH excluding ortho intramolecular Hbond substituents is 1. The number of piperidine rings is 3. The average molecular weight is 577 g/mol. The average Bonchev–Trinajstić information content (AvgIpc) is 3.04. The largest absolute Gasteiger partial charge is 0.508 e. The summed E-state index contributed by atoms with van der Waals surface area (Å²) in [6.07, 6.45) is 4.90. The van der Waals surface area contributed by atoms with E-state index in [4.69, 9.17) is 26.3 Å². The molecule has 3 fully saturated rings. The molecule has 42 heavy (non-hydrogen) atoms. The lowest BCUT2D eigenvalue weighted by Gasteiger charge is -2.52. The van der Waals surface area contributed by atoms with Crippen molar-refractivity contribution in [2.24, 2.45) is 11.8 Å². The molecule has 212 valence electrons. The van der Waals surface area contributed by atoms with E-state index in [1.54, 1.807) is 12.1 Å². The van der Waals surface area contributed by atoms with Crippen molar-refractivity contribution in [3.05, 3.63) is 102 Å². The Labute approximate surface area is 251 Å². The fourth-order valence-electron chi connectivity index (χ4n) is 6.89. The topological polar surface area (TPSA) is 71.4 Å². The van der Waals surface area contributed by atoms with Crippen LogP contribution < -0.4 is 4.74 Å². The van der Waals surface area contributed by atoms with Crippen molar-refractivity contribution in [2.75, 3.05) is 13.1 Å². The van der Waals surface area contributed by atoms with Crippen molar-refractivity contribution >= 4 is 22.5 Å². The second-order valence-corrected chi connectivity index (χ2v) is 11.8. The molecule has 0 saturated carbocycles. The van der Waals surface area contributed by atoms with E-state index < -0.39 is 0 Å². The Hall–Kier alpha value is -4.00. The number of hydrogen-bond acceptors (Lipinski definition) is 6. The van der Waals surface area contributed by atoms with Crippen LogP contribution in [-0.2, 0) is 0 Å². The molecule has 2 bridgehead atoms. The molecule has 5 aromatic rings. The van der Waals surface area contributed by atoms with Gasteiger partial charge in [-0.05, 0) is 61.1 Å². The van der Waals surface area contributed by atoms with Crippen molar-refractivity contribution in [2.45, 2.75) is 38.3 Å². The first kappa shape index (κ1) is 26.9. The molecule has 0 amide bonds. The molecule has 3 aliphatic heterocycles. The van der Waals surface area contributed by atoms with Crippen LogP contribution in [0.4, 0.5) is 0 Å². The number of phenols is 1. The van der Waals surface area contributed by atoms with E-state index in [1.165, 1.54) is 12.8 Å². The summed E-state index contributed by atoms with van der Waals surface area (Å²) >= 11 is 6.97. The van der Waals surface area contributed by atoms with Gasteiger partial charge in [0, 0.05) is 29.3 Å². The molecule has 3 aliphatic rings. The highest BCUT2D eigenvalue weighted by Crippen LogP contribution is 2.46. The zero-order valence-corrected chi connectivity index (χ0v) is 24.3. The van der Waals surface area contributed by atoms with E-state index in [9.17, 15) is 5.11 Å². The molecule has 0 radical (unpaired) electrons. The van der Waals surface area contributed by atoms with Gasteiger partial charge in [-0.1, -0.05) is 85.6 Å². The summed E-state index contributed by atoms with van der Waals surface area (Å²) in [5.74, 6) is 2.52. The quantitative estimate of drug-likeness (QED) is 0.198. The minimum Gasteiger partial charge on any atom is -0.508 e. The molecule has 5 heterocycles. The molecule has 7 heteroatoms. The Balaban J connectivity index is 1.41. The van der Waals surface area contributed by atoms with Gasteiger partial charge in [0.25, 0.3) is 0 Å². The Morgan fingerprint density at radius 2 is 1.74 bits per heavy atom. The Morgan fingerprint density at radius 3 is 2.45 bits per heavy atom. The van der Waals surface area contributed by atoms with Gasteiger partial charge in [0.2, 0.25) is 5.88 Å². The lowest BCUT2D eigenvalue weighted by Crippen LogP contribution is -2.56. The highest BCUT2D eigenvalue weighted by molar-refractivity contribution is 6.32. The van der Waals surface area contributed by atoms with Crippen LogP contribution in [-0.4, -0.2) is 44.1 Å². The number of aromatic nitrogens is 3. The highest BCUT2D eigenvalue weighted by Gasteiger charge is 2.44. The van der Waals surface area contributed by atoms with Crippen molar-refractivity contribution in [3.63, 3.8) is 0 Å². The van der Waals surface area contributed by atoms with Gasteiger partial charge in [-0.15, -0.1) is 0 Å². The van der Waals surface area contributed by atoms with Gasteiger partial charge in [0.1, 0.15) is 17.0 Å². The standard InChI is InChI=1S/C35H33ClN4O2/c1-2-22-21-40-18-16-25(22)19-30(40)32(27-15-17-37-29-14-13-26(41)20-28(27)29)42-35-31(23-9-5-3-6-10-23)33(36)38-34(39-35)24-11-7-4-8-12-24/h3-15,17,20,22,25,30,32,41H,2,16,18-19,21H2,1H3/t22-,25?,30+,32-/m0/s1. The molecule has 3 saturated heterocycles. The molecule has 3 aromatic carbocycles. The maximum atomic E-state index is 10.5. The summed E-state index contributed by atoms with van der Waals surface area (Å²) in [5.41, 5.74) is 4.23. The Bertz CT molecular complexity index is 1720. The maximum Gasteiger partial charge on any atom is 0.227 e. The van der Waals surface area contributed by atoms with Crippen molar-refractivity contribution in [1.82, 2.24) is 19.9 Å². The zero-order valence-electron chi connectivity index (χ0n) is 23.5. The number of ether oxygens (including phenoxy) is 1. The molecule has 5 atom stereocenters. The fourth-order valence-corrected chi connectivity index (χ4v) is 7.16. The number of halogens is 1. The van der Waals surface area contributed by atoms with Crippen LogP contribution >= 0.6 is 11.6 Å². The van der Waals surface area contributed by atoms with Gasteiger partial charge in [-0.3, -0.25) is 9.88 Å². The lowest BCUT2D eigenvalue weighted by molar-refractivity contribution is -0.0492. The number of fused-ring (bicyclic) bond motifs is 4. The van der Waals surface area contributed by atoms with Crippen LogP contribution in [0.2, 0.25) is 5.15 Å². The van der Waals surface area contributed by atoms with Crippen LogP contribution in [0, 0.1) is 11.8 Å². The van der Waals surface area contributed by atoms with Crippen LogP contribution in [0.1, 0.15) is 37.9 Å². The van der Waals surface area contributed by atoms with E-state index >= 15 is 0 Å². The summed E-state index contributed by atoms with van der Waals surface area (Å²) in [6.45, 7) is 4.41. The van der Waals surface area contributed by atoms with Crippen LogP contribution in [0.15, 0.2) is 91.1 Å². The molecule has 1 N–H and O–H groups in total. The van der Waals surface area contributed by atoms with Gasteiger partial charge in [0.15, 0.2) is 5.82 Å². The van der Waals surface area contributed by atoms with Crippen molar-refractivity contribution in [3.8, 4) is 34.1 Å². The summed E-state index contributed by atoms with van der Waals surface area (Å²) in [4.78, 5) is 16.9. The van der Waals surface area contributed by atoms with Crippen LogP contribution in [0.25, 0.3) is 33.4 Å². The smallest absolute Gasteiger partial charge is 0.227 e. The number of rotatable bonds is 7. The molecule has 2 unspecified atom stereocenters. The van der Waals surface area contributed by atoms with Crippen molar-refractivity contribution in [1.29, 1.82) is 0 Å². The summed E-state index contributed by atoms with van der Waals surface area (Å²) in [6, 6.07) is 27.3. The Kier molecular flexibility index (Phi) is 7.26. The van der Waals surface area contributed by atoms with Gasteiger partial charge >= 0.3 is 0 Å². The molecule has 0 spiro atoms. The van der Waals surface area contributed by atoms with Gasteiger partial charge in [0.05, 0.1) is 17.1 Å².